The topological polar surface area (TPSA) is 164 Å². The summed E-state index contributed by atoms with van der Waals surface area (Å²) in [5, 5.41) is 33.1. The van der Waals surface area contributed by atoms with E-state index in [9.17, 15) is 39.9 Å². The molecule has 0 spiro atoms. The van der Waals surface area contributed by atoms with Crippen LogP contribution in [0.1, 0.15) is 20.7 Å². The quantitative estimate of drug-likeness (QED) is 0.465. The van der Waals surface area contributed by atoms with Gasteiger partial charge in [-0.05, 0) is 6.07 Å². The molecular formula is C14H5N3O8. The fraction of sp³-hybridized carbons (Fsp3) is 0. The van der Waals surface area contributed by atoms with Gasteiger partial charge >= 0.3 is 0 Å². The number of hydrogen-bond donors (Lipinski definition) is 0. The monoisotopic (exact) mass is 343 g/mol. The van der Waals surface area contributed by atoms with Crippen LogP contribution in [0.25, 0.3) is 11.1 Å². The highest BCUT2D eigenvalue weighted by Gasteiger charge is 2.38. The predicted octanol–water partition coefficient (Wildman–Crippen LogP) is 2.46. The molecule has 0 fully saturated rings. The van der Waals surface area contributed by atoms with Gasteiger partial charge < -0.3 is 0 Å². The largest absolute Gasteiger partial charge is 0.285 e. The molecule has 2 aromatic rings. The molecule has 0 amide bonds. The number of hydrogen-bond acceptors (Lipinski definition) is 8. The molecule has 0 saturated heterocycles. The van der Waals surface area contributed by atoms with Crippen LogP contribution in [0, 0.1) is 30.3 Å². The summed E-state index contributed by atoms with van der Waals surface area (Å²) in [5.41, 5.74) is -3.09. The van der Waals surface area contributed by atoms with Gasteiger partial charge in [-0.2, -0.15) is 0 Å². The van der Waals surface area contributed by atoms with E-state index in [0.717, 1.165) is 24.3 Å². The van der Waals surface area contributed by atoms with Crippen LogP contribution in [0.5, 0.6) is 0 Å². The average Bonchev–Trinajstić information content (AvgIpc) is 2.57. The van der Waals surface area contributed by atoms with Crippen molar-refractivity contribution in [3.05, 3.63) is 71.8 Å². The van der Waals surface area contributed by atoms with Crippen LogP contribution in [0.4, 0.5) is 17.1 Å². The number of rotatable bonds is 3. The summed E-state index contributed by atoms with van der Waals surface area (Å²) < 4.78 is 0. The van der Waals surface area contributed by atoms with Crippen molar-refractivity contribution in [1.82, 2.24) is 0 Å². The van der Waals surface area contributed by atoms with E-state index >= 15 is 0 Å². The van der Waals surface area contributed by atoms with Crippen molar-refractivity contribution >= 4 is 28.6 Å². The number of carbonyl (C=O) groups excluding carboxylic acids is 2. The Bertz CT molecular complexity index is 1030. The molecule has 2 aromatic carbocycles. The van der Waals surface area contributed by atoms with Gasteiger partial charge in [0.2, 0.25) is 11.6 Å². The number of nitro groups is 3. The van der Waals surface area contributed by atoms with Gasteiger partial charge in [-0.15, -0.1) is 0 Å². The van der Waals surface area contributed by atoms with E-state index in [1.165, 1.54) is 0 Å². The Morgan fingerprint density at radius 3 is 1.76 bits per heavy atom. The molecule has 124 valence electrons. The Kier molecular flexibility index (Phi) is 3.34. The number of nitrogens with zero attached hydrogens (tertiary/aromatic N) is 3. The second-order valence-corrected chi connectivity index (χ2v) is 5.05. The van der Waals surface area contributed by atoms with Crippen molar-refractivity contribution in [2.75, 3.05) is 0 Å². The van der Waals surface area contributed by atoms with Crippen molar-refractivity contribution in [2.24, 2.45) is 0 Å². The second-order valence-electron chi connectivity index (χ2n) is 5.05. The zero-order valence-corrected chi connectivity index (χ0v) is 12.0. The van der Waals surface area contributed by atoms with Crippen LogP contribution in [-0.2, 0) is 0 Å². The van der Waals surface area contributed by atoms with E-state index < -0.39 is 49.0 Å². The van der Waals surface area contributed by atoms with Crippen LogP contribution in [0.3, 0.4) is 0 Å². The lowest BCUT2D eigenvalue weighted by Crippen LogP contribution is -2.22. The van der Waals surface area contributed by atoms with E-state index in [0.29, 0.717) is 6.07 Å². The lowest BCUT2D eigenvalue weighted by molar-refractivity contribution is -0.393. The van der Waals surface area contributed by atoms with E-state index in [1.54, 1.807) is 0 Å². The highest BCUT2D eigenvalue weighted by Crippen LogP contribution is 2.42. The molecule has 25 heavy (non-hydrogen) atoms. The first-order chi connectivity index (χ1) is 11.7. The number of Topliss-reactive ketones (excluding diaryl/α,β-unsaturated/α-hetero) is 2. The molecule has 0 aliphatic heterocycles. The molecule has 11 nitrogen and oxygen atoms in total. The van der Waals surface area contributed by atoms with Crippen LogP contribution in [0.15, 0.2) is 30.3 Å². The zero-order valence-electron chi connectivity index (χ0n) is 12.0. The summed E-state index contributed by atoms with van der Waals surface area (Å²) in [5.74, 6) is -2.32. The number of non-ortho nitro benzene ring substituents is 2. The minimum atomic E-state index is -1.20. The van der Waals surface area contributed by atoms with E-state index in [4.69, 9.17) is 0 Å². The number of nitro benzene ring substituents is 3. The third-order valence-corrected chi connectivity index (χ3v) is 3.69. The third kappa shape index (κ3) is 2.30. The first kappa shape index (κ1) is 15.9. The SMILES string of the molecule is O=C1C(=O)c2cc([N+](=O)[O-])cc([N+](=O)[O-])c2-c2ccc([N+](=O)[O-])cc21. The highest BCUT2D eigenvalue weighted by atomic mass is 16.6. The summed E-state index contributed by atoms with van der Waals surface area (Å²) in [6, 6.07) is 4.44. The first-order valence-corrected chi connectivity index (χ1v) is 6.57. The van der Waals surface area contributed by atoms with Crippen molar-refractivity contribution in [1.29, 1.82) is 0 Å². The van der Waals surface area contributed by atoms with Crippen molar-refractivity contribution in [2.45, 2.75) is 0 Å². The summed E-state index contributed by atoms with van der Waals surface area (Å²) >= 11 is 0. The molecule has 0 N–H and O–H groups in total. The summed E-state index contributed by atoms with van der Waals surface area (Å²) in [6.45, 7) is 0. The molecule has 1 aliphatic carbocycles. The molecule has 0 radical (unpaired) electrons. The first-order valence-electron chi connectivity index (χ1n) is 6.57. The van der Waals surface area contributed by atoms with Gasteiger partial charge in [0, 0.05) is 34.9 Å². The molecule has 0 atom stereocenters. The molecular weight excluding hydrogens is 338 g/mol. The lowest BCUT2D eigenvalue weighted by atomic mass is 9.82. The van der Waals surface area contributed by atoms with Gasteiger partial charge in [0.1, 0.15) is 0 Å². The standard InChI is InChI=1S/C14H5N3O8/c18-13-9-3-6(15(20)21)1-2-8(9)12-10(14(13)19)4-7(16(22)23)5-11(12)17(24)25/h1-5H. The number of carbonyl (C=O) groups is 2. The fourth-order valence-corrected chi connectivity index (χ4v) is 2.62. The number of ketones is 2. The van der Waals surface area contributed by atoms with Crippen LogP contribution >= 0.6 is 0 Å². The van der Waals surface area contributed by atoms with Gasteiger partial charge in [0.05, 0.1) is 26.4 Å². The van der Waals surface area contributed by atoms with Gasteiger partial charge in [-0.25, -0.2) is 0 Å². The maximum absolute atomic E-state index is 12.2. The maximum Gasteiger partial charge on any atom is 0.284 e. The minimum Gasteiger partial charge on any atom is -0.285 e. The van der Waals surface area contributed by atoms with Gasteiger partial charge in [0.25, 0.3) is 17.1 Å². The Morgan fingerprint density at radius 1 is 0.640 bits per heavy atom. The molecule has 3 rings (SSSR count). The van der Waals surface area contributed by atoms with Crippen molar-refractivity contribution in [3.8, 4) is 11.1 Å². The Hall–Kier alpha value is -4.02. The molecule has 0 unspecified atom stereocenters. The zero-order chi connectivity index (χ0) is 18.5. The molecule has 1 aliphatic rings. The maximum atomic E-state index is 12.2. The Morgan fingerprint density at radius 2 is 1.20 bits per heavy atom. The highest BCUT2D eigenvalue weighted by molar-refractivity contribution is 6.53. The summed E-state index contributed by atoms with van der Waals surface area (Å²) in [7, 11) is 0. The third-order valence-electron chi connectivity index (χ3n) is 3.69. The second kappa shape index (κ2) is 5.26. The number of fused-ring (bicyclic) bond motifs is 3. The van der Waals surface area contributed by atoms with E-state index in [1.807, 2.05) is 0 Å². The summed E-state index contributed by atoms with van der Waals surface area (Å²) in [4.78, 5) is 54.9. The minimum absolute atomic E-state index is 0.0632. The summed E-state index contributed by atoms with van der Waals surface area (Å²) in [6.07, 6.45) is 0. The fourth-order valence-electron chi connectivity index (χ4n) is 2.62. The molecule has 0 bridgehead atoms. The van der Waals surface area contributed by atoms with Crippen molar-refractivity contribution in [3.63, 3.8) is 0 Å². The van der Waals surface area contributed by atoms with Gasteiger partial charge in [0.15, 0.2) is 0 Å². The Labute approximate surface area is 136 Å². The van der Waals surface area contributed by atoms with Gasteiger partial charge in [-0.3, -0.25) is 39.9 Å². The Balaban J connectivity index is 2.42. The van der Waals surface area contributed by atoms with Crippen molar-refractivity contribution < 1.29 is 24.4 Å². The van der Waals surface area contributed by atoms with Crippen LogP contribution in [-0.4, -0.2) is 26.3 Å². The van der Waals surface area contributed by atoms with Crippen LogP contribution in [0.2, 0.25) is 0 Å². The smallest absolute Gasteiger partial charge is 0.284 e. The van der Waals surface area contributed by atoms with Gasteiger partial charge in [-0.1, -0.05) is 0 Å². The average molecular weight is 343 g/mol. The molecule has 0 heterocycles. The molecule has 11 heteroatoms. The van der Waals surface area contributed by atoms with E-state index in [2.05, 4.69) is 0 Å². The van der Waals surface area contributed by atoms with Crippen LogP contribution < -0.4 is 0 Å². The van der Waals surface area contributed by atoms with E-state index in [-0.39, 0.29) is 16.7 Å². The normalized spacial score (nSPS) is 12.3. The lowest BCUT2D eigenvalue weighted by Gasteiger charge is -2.17. The number of benzene rings is 2. The molecule has 0 saturated carbocycles. The predicted molar refractivity (Wildman–Crippen MR) is 80.5 cm³/mol. The molecule has 0 aromatic heterocycles.